The third-order valence-electron chi connectivity index (χ3n) is 2.06. The van der Waals surface area contributed by atoms with E-state index in [1.165, 1.54) is 10.8 Å². The van der Waals surface area contributed by atoms with Crippen molar-refractivity contribution >= 4 is 17.3 Å². The summed E-state index contributed by atoms with van der Waals surface area (Å²) >= 11 is 5.80. The van der Waals surface area contributed by atoms with Crippen LogP contribution in [0.2, 0.25) is 5.02 Å². The van der Waals surface area contributed by atoms with Crippen molar-refractivity contribution in [3.63, 3.8) is 0 Å². The number of hydrogen-bond acceptors (Lipinski definition) is 3. The van der Waals surface area contributed by atoms with Crippen molar-refractivity contribution in [1.29, 1.82) is 0 Å². The van der Waals surface area contributed by atoms with Gasteiger partial charge in [0.15, 0.2) is 0 Å². The molecule has 2 aromatic rings. The number of aromatic nitrogens is 2. The fourth-order valence-electron chi connectivity index (χ4n) is 1.30. The van der Waals surface area contributed by atoms with E-state index in [1.807, 2.05) is 0 Å². The average Bonchev–Trinajstić information content (AvgIpc) is 2.23. The molecule has 0 spiro atoms. The van der Waals surface area contributed by atoms with Gasteiger partial charge in [0.25, 0.3) is 5.56 Å². The van der Waals surface area contributed by atoms with E-state index in [2.05, 4.69) is 4.98 Å². The maximum Gasteiger partial charge on any atom is 0.333 e. The summed E-state index contributed by atoms with van der Waals surface area (Å²) < 4.78 is 1.22. The van der Waals surface area contributed by atoms with Crippen LogP contribution < -0.4 is 17.0 Å². The Balaban J connectivity index is 2.70. The maximum absolute atomic E-state index is 11.5. The van der Waals surface area contributed by atoms with Gasteiger partial charge in [-0.1, -0.05) is 17.7 Å². The van der Waals surface area contributed by atoms with E-state index in [4.69, 9.17) is 17.3 Å². The van der Waals surface area contributed by atoms with Gasteiger partial charge in [0, 0.05) is 11.2 Å². The highest BCUT2D eigenvalue weighted by Crippen LogP contribution is 2.13. The van der Waals surface area contributed by atoms with E-state index in [-0.39, 0.29) is 5.69 Å². The second-order valence-electron chi connectivity index (χ2n) is 3.19. The number of H-pyrrole nitrogens is 1. The summed E-state index contributed by atoms with van der Waals surface area (Å²) in [5.74, 6) is 0. The van der Waals surface area contributed by atoms with E-state index in [0.717, 1.165) is 0 Å². The van der Waals surface area contributed by atoms with Crippen molar-refractivity contribution in [3.05, 3.63) is 56.3 Å². The van der Waals surface area contributed by atoms with Gasteiger partial charge in [-0.25, -0.2) is 4.79 Å². The van der Waals surface area contributed by atoms with Gasteiger partial charge < -0.3 is 5.73 Å². The van der Waals surface area contributed by atoms with Crippen LogP contribution >= 0.6 is 11.6 Å². The molecule has 0 amide bonds. The predicted octanol–water partition coefficient (Wildman–Crippen LogP) is 0.761. The minimum Gasteiger partial charge on any atom is -0.393 e. The number of hydrogen-bond donors (Lipinski definition) is 2. The van der Waals surface area contributed by atoms with Crippen LogP contribution in [0.3, 0.4) is 0 Å². The highest BCUT2D eigenvalue weighted by atomic mass is 35.5. The molecular formula is C10H8ClN3O2. The molecule has 0 aliphatic heterocycles. The lowest BCUT2D eigenvalue weighted by Gasteiger charge is -2.05. The zero-order chi connectivity index (χ0) is 11.7. The molecule has 0 aliphatic carbocycles. The molecule has 1 aromatic carbocycles. The van der Waals surface area contributed by atoms with E-state index in [1.54, 1.807) is 24.3 Å². The second-order valence-corrected chi connectivity index (χ2v) is 3.63. The normalized spacial score (nSPS) is 10.3. The summed E-state index contributed by atoms with van der Waals surface area (Å²) in [6, 6.07) is 6.67. The third kappa shape index (κ3) is 1.85. The molecule has 0 atom stereocenters. The van der Waals surface area contributed by atoms with Crippen LogP contribution in [0.4, 0.5) is 5.69 Å². The zero-order valence-corrected chi connectivity index (χ0v) is 8.86. The van der Waals surface area contributed by atoms with Gasteiger partial charge in [0.05, 0.1) is 5.69 Å². The van der Waals surface area contributed by atoms with Crippen LogP contribution in [0.5, 0.6) is 0 Å². The highest BCUT2D eigenvalue weighted by molar-refractivity contribution is 6.30. The Morgan fingerprint density at radius 2 is 2.06 bits per heavy atom. The number of benzene rings is 1. The van der Waals surface area contributed by atoms with E-state index in [9.17, 15) is 9.59 Å². The topological polar surface area (TPSA) is 80.9 Å². The molecule has 0 saturated carbocycles. The number of rotatable bonds is 1. The van der Waals surface area contributed by atoms with Crippen molar-refractivity contribution in [3.8, 4) is 5.69 Å². The van der Waals surface area contributed by atoms with Gasteiger partial charge >= 0.3 is 5.69 Å². The monoisotopic (exact) mass is 237 g/mol. The van der Waals surface area contributed by atoms with Crippen LogP contribution in [0.15, 0.2) is 40.1 Å². The Hall–Kier alpha value is -2.01. The Morgan fingerprint density at radius 3 is 2.75 bits per heavy atom. The summed E-state index contributed by atoms with van der Waals surface area (Å²) in [4.78, 5) is 24.7. The van der Waals surface area contributed by atoms with Crippen LogP contribution in [-0.4, -0.2) is 9.55 Å². The van der Waals surface area contributed by atoms with Crippen molar-refractivity contribution in [1.82, 2.24) is 9.55 Å². The van der Waals surface area contributed by atoms with E-state index < -0.39 is 11.2 Å². The first-order valence-electron chi connectivity index (χ1n) is 4.45. The molecule has 2 rings (SSSR count). The molecule has 0 radical (unpaired) electrons. The molecule has 0 bridgehead atoms. The molecule has 6 heteroatoms. The standard InChI is InChI=1S/C10H8ClN3O2/c11-6-2-1-3-7(4-6)14-5-8(12)9(15)13-10(14)16/h1-5H,12H2,(H,13,15,16). The Morgan fingerprint density at radius 1 is 1.31 bits per heavy atom. The SMILES string of the molecule is Nc1cn(-c2cccc(Cl)c2)c(=O)[nH]c1=O. The Labute approximate surface area is 95.1 Å². The lowest BCUT2D eigenvalue weighted by atomic mass is 10.3. The lowest BCUT2D eigenvalue weighted by molar-refractivity contribution is 0.901. The molecule has 82 valence electrons. The van der Waals surface area contributed by atoms with E-state index in [0.29, 0.717) is 10.7 Å². The predicted molar refractivity (Wildman–Crippen MR) is 62.1 cm³/mol. The molecule has 1 heterocycles. The van der Waals surface area contributed by atoms with Crippen molar-refractivity contribution in [2.45, 2.75) is 0 Å². The number of nitrogens with two attached hydrogens (primary N) is 1. The number of anilines is 1. The largest absolute Gasteiger partial charge is 0.393 e. The van der Waals surface area contributed by atoms with Crippen LogP contribution in [0, 0.1) is 0 Å². The van der Waals surface area contributed by atoms with Crippen LogP contribution in [0.25, 0.3) is 5.69 Å². The highest BCUT2D eigenvalue weighted by Gasteiger charge is 2.03. The van der Waals surface area contributed by atoms with Crippen molar-refractivity contribution in [2.75, 3.05) is 5.73 Å². The minimum atomic E-state index is -0.594. The third-order valence-corrected chi connectivity index (χ3v) is 2.29. The summed E-state index contributed by atoms with van der Waals surface area (Å²) in [6.45, 7) is 0. The smallest absolute Gasteiger partial charge is 0.333 e. The summed E-state index contributed by atoms with van der Waals surface area (Å²) in [5.41, 5.74) is 4.79. The van der Waals surface area contributed by atoms with E-state index >= 15 is 0 Å². The summed E-state index contributed by atoms with van der Waals surface area (Å²) in [6.07, 6.45) is 1.27. The van der Waals surface area contributed by atoms with Crippen LogP contribution in [0.1, 0.15) is 0 Å². The fraction of sp³-hybridized carbons (Fsp3) is 0. The van der Waals surface area contributed by atoms with Gasteiger partial charge in [-0.2, -0.15) is 0 Å². The second kappa shape index (κ2) is 3.86. The lowest BCUT2D eigenvalue weighted by Crippen LogP contribution is -2.29. The van der Waals surface area contributed by atoms with Gasteiger partial charge in [0.2, 0.25) is 0 Å². The van der Waals surface area contributed by atoms with Crippen LogP contribution in [-0.2, 0) is 0 Å². The first-order valence-corrected chi connectivity index (χ1v) is 4.83. The number of aromatic amines is 1. The molecular weight excluding hydrogens is 230 g/mol. The zero-order valence-electron chi connectivity index (χ0n) is 8.11. The number of halogens is 1. The molecule has 1 aromatic heterocycles. The number of nitrogen functional groups attached to an aromatic ring is 1. The molecule has 0 unspecified atom stereocenters. The molecule has 5 nitrogen and oxygen atoms in total. The minimum absolute atomic E-state index is 0.0282. The van der Waals surface area contributed by atoms with Crippen molar-refractivity contribution in [2.24, 2.45) is 0 Å². The quantitative estimate of drug-likeness (QED) is 0.768. The molecule has 0 saturated heterocycles. The summed E-state index contributed by atoms with van der Waals surface area (Å²) in [5, 5.41) is 0.495. The Bertz CT molecular complexity index is 645. The number of nitrogens with one attached hydrogen (secondary N) is 1. The van der Waals surface area contributed by atoms with Gasteiger partial charge in [-0.05, 0) is 18.2 Å². The van der Waals surface area contributed by atoms with Gasteiger partial charge in [-0.3, -0.25) is 14.3 Å². The van der Waals surface area contributed by atoms with Crippen molar-refractivity contribution < 1.29 is 0 Å². The molecule has 3 N–H and O–H groups in total. The van der Waals surface area contributed by atoms with Gasteiger partial charge in [-0.15, -0.1) is 0 Å². The average molecular weight is 238 g/mol. The summed E-state index contributed by atoms with van der Waals surface area (Å²) in [7, 11) is 0. The molecule has 0 fully saturated rings. The maximum atomic E-state index is 11.5. The molecule has 0 aliphatic rings. The Kier molecular flexibility index (Phi) is 2.54. The number of nitrogens with zero attached hydrogens (tertiary/aromatic N) is 1. The first-order chi connectivity index (χ1) is 7.58. The van der Waals surface area contributed by atoms with Gasteiger partial charge in [0.1, 0.15) is 5.69 Å². The molecule has 16 heavy (non-hydrogen) atoms. The fourth-order valence-corrected chi connectivity index (χ4v) is 1.49. The first kappa shape index (κ1) is 10.5.